The van der Waals surface area contributed by atoms with E-state index in [9.17, 15) is 0 Å². The molecule has 0 aliphatic rings. The Morgan fingerprint density at radius 3 is 2.60 bits per heavy atom. The van der Waals surface area contributed by atoms with Gasteiger partial charge in [-0.15, -0.1) is 0 Å². The van der Waals surface area contributed by atoms with E-state index < -0.39 is 0 Å². The third-order valence-electron chi connectivity index (χ3n) is 3.23. The Balaban J connectivity index is 2.37. The molecule has 0 aliphatic heterocycles. The van der Waals surface area contributed by atoms with Crippen LogP contribution in [-0.4, -0.2) is 17.1 Å². The third-order valence-corrected chi connectivity index (χ3v) is 3.23. The summed E-state index contributed by atoms with van der Waals surface area (Å²) in [5.74, 6) is 2.84. The number of nitrogens with zero attached hydrogens (tertiary/aromatic N) is 2. The van der Waals surface area contributed by atoms with Crippen LogP contribution in [0.2, 0.25) is 0 Å². The van der Waals surface area contributed by atoms with E-state index in [1.807, 2.05) is 39.0 Å². The van der Waals surface area contributed by atoms with Crippen molar-refractivity contribution in [3.05, 3.63) is 35.2 Å². The highest BCUT2D eigenvalue weighted by Gasteiger charge is 2.09. The van der Waals surface area contributed by atoms with Crippen LogP contribution in [0, 0.1) is 13.8 Å². The van der Waals surface area contributed by atoms with Gasteiger partial charge in [0.05, 0.1) is 7.11 Å². The minimum absolute atomic E-state index is 0.519. The lowest BCUT2D eigenvalue weighted by molar-refractivity contribution is 0.414. The van der Waals surface area contributed by atoms with Gasteiger partial charge >= 0.3 is 0 Å². The first-order valence-corrected chi connectivity index (χ1v) is 6.59. The zero-order valence-electron chi connectivity index (χ0n) is 12.3. The SMILES string of the molecule is CCc1nc(N)c(C)c(Nc2ccc(OC)cc2C)n1. The van der Waals surface area contributed by atoms with Gasteiger partial charge in [-0.1, -0.05) is 6.92 Å². The molecule has 0 saturated carbocycles. The topological polar surface area (TPSA) is 73.1 Å². The summed E-state index contributed by atoms with van der Waals surface area (Å²) in [6.45, 7) is 5.94. The van der Waals surface area contributed by atoms with Crippen molar-refractivity contribution >= 4 is 17.3 Å². The van der Waals surface area contributed by atoms with Gasteiger partial charge in [-0.25, -0.2) is 9.97 Å². The van der Waals surface area contributed by atoms with Crippen LogP contribution in [0.25, 0.3) is 0 Å². The summed E-state index contributed by atoms with van der Waals surface area (Å²) in [6.07, 6.45) is 0.751. The number of hydrogen-bond acceptors (Lipinski definition) is 5. The fourth-order valence-corrected chi connectivity index (χ4v) is 1.89. The maximum Gasteiger partial charge on any atom is 0.139 e. The number of methoxy groups -OCH3 is 1. The molecule has 0 spiro atoms. The van der Waals surface area contributed by atoms with Crippen LogP contribution in [0.1, 0.15) is 23.9 Å². The zero-order chi connectivity index (χ0) is 14.7. The Bertz CT molecular complexity index is 626. The highest BCUT2D eigenvalue weighted by Crippen LogP contribution is 2.26. The molecule has 0 unspecified atom stereocenters. The smallest absolute Gasteiger partial charge is 0.139 e. The van der Waals surface area contributed by atoms with Gasteiger partial charge in [0.15, 0.2) is 0 Å². The Hall–Kier alpha value is -2.30. The summed E-state index contributed by atoms with van der Waals surface area (Å²) < 4.78 is 5.21. The molecular weight excluding hydrogens is 252 g/mol. The van der Waals surface area contributed by atoms with Crippen molar-refractivity contribution in [3.63, 3.8) is 0 Å². The number of ether oxygens (including phenoxy) is 1. The van der Waals surface area contributed by atoms with Crippen molar-refractivity contribution in [2.75, 3.05) is 18.2 Å². The van der Waals surface area contributed by atoms with Crippen LogP contribution in [0.4, 0.5) is 17.3 Å². The van der Waals surface area contributed by atoms with Gasteiger partial charge in [-0.2, -0.15) is 0 Å². The second-order valence-electron chi connectivity index (χ2n) is 4.66. The Labute approximate surface area is 119 Å². The van der Waals surface area contributed by atoms with Crippen molar-refractivity contribution in [2.24, 2.45) is 0 Å². The van der Waals surface area contributed by atoms with Crippen molar-refractivity contribution in [2.45, 2.75) is 27.2 Å². The standard InChI is InChI=1S/C15H20N4O/c1-5-13-18-14(16)10(3)15(19-13)17-12-7-6-11(20-4)8-9(12)2/h6-8H,5H2,1-4H3,(H3,16,17,18,19). The number of anilines is 3. The van der Waals surface area contributed by atoms with E-state index in [0.717, 1.165) is 40.6 Å². The molecule has 1 heterocycles. The number of nitrogen functional groups attached to an aromatic ring is 1. The largest absolute Gasteiger partial charge is 0.497 e. The second kappa shape index (κ2) is 5.77. The van der Waals surface area contributed by atoms with Crippen molar-refractivity contribution in [3.8, 4) is 5.75 Å². The Morgan fingerprint density at radius 1 is 1.25 bits per heavy atom. The van der Waals surface area contributed by atoms with Gasteiger partial charge < -0.3 is 15.8 Å². The van der Waals surface area contributed by atoms with E-state index in [1.54, 1.807) is 7.11 Å². The van der Waals surface area contributed by atoms with Crippen LogP contribution in [-0.2, 0) is 6.42 Å². The maximum atomic E-state index is 5.92. The van der Waals surface area contributed by atoms with Crippen LogP contribution in [0.15, 0.2) is 18.2 Å². The highest BCUT2D eigenvalue weighted by atomic mass is 16.5. The summed E-state index contributed by atoms with van der Waals surface area (Å²) in [6, 6.07) is 5.86. The van der Waals surface area contributed by atoms with E-state index in [-0.39, 0.29) is 0 Å². The Morgan fingerprint density at radius 2 is 2.00 bits per heavy atom. The van der Waals surface area contributed by atoms with Crippen molar-refractivity contribution < 1.29 is 4.74 Å². The number of rotatable bonds is 4. The zero-order valence-corrected chi connectivity index (χ0v) is 12.3. The molecule has 20 heavy (non-hydrogen) atoms. The minimum Gasteiger partial charge on any atom is -0.497 e. The van der Waals surface area contributed by atoms with Crippen LogP contribution >= 0.6 is 0 Å². The molecule has 5 nitrogen and oxygen atoms in total. The highest BCUT2D eigenvalue weighted by molar-refractivity contribution is 5.66. The number of hydrogen-bond donors (Lipinski definition) is 2. The molecule has 0 fully saturated rings. The van der Waals surface area contributed by atoms with Crippen molar-refractivity contribution in [1.82, 2.24) is 9.97 Å². The minimum atomic E-state index is 0.519. The molecule has 5 heteroatoms. The number of nitrogens with two attached hydrogens (primary N) is 1. The van der Waals surface area contributed by atoms with Gasteiger partial charge in [-0.3, -0.25) is 0 Å². The van der Waals surface area contributed by atoms with E-state index in [0.29, 0.717) is 5.82 Å². The predicted molar refractivity (Wildman–Crippen MR) is 81.6 cm³/mol. The van der Waals surface area contributed by atoms with Crippen molar-refractivity contribution in [1.29, 1.82) is 0 Å². The summed E-state index contributed by atoms with van der Waals surface area (Å²) in [5, 5.41) is 3.32. The molecule has 0 aliphatic carbocycles. The first kappa shape index (κ1) is 14.1. The average Bonchev–Trinajstić information content (AvgIpc) is 2.45. The molecule has 0 bridgehead atoms. The van der Waals surface area contributed by atoms with Gasteiger partial charge in [0, 0.05) is 17.7 Å². The monoisotopic (exact) mass is 272 g/mol. The van der Waals surface area contributed by atoms with Gasteiger partial charge in [0.2, 0.25) is 0 Å². The number of aromatic nitrogens is 2. The molecular formula is C15H20N4O. The van der Waals surface area contributed by atoms with E-state index in [4.69, 9.17) is 10.5 Å². The van der Waals surface area contributed by atoms with E-state index in [2.05, 4.69) is 15.3 Å². The molecule has 2 aromatic rings. The van der Waals surface area contributed by atoms with Crippen LogP contribution < -0.4 is 15.8 Å². The molecule has 0 atom stereocenters. The second-order valence-corrected chi connectivity index (χ2v) is 4.66. The predicted octanol–water partition coefficient (Wildman–Crippen LogP) is 2.99. The lowest BCUT2D eigenvalue weighted by Gasteiger charge is -2.14. The average molecular weight is 272 g/mol. The normalized spacial score (nSPS) is 10.4. The van der Waals surface area contributed by atoms with Gasteiger partial charge in [0.1, 0.15) is 23.2 Å². The van der Waals surface area contributed by atoms with E-state index >= 15 is 0 Å². The van der Waals surface area contributed by atoms with Gasteiger partial charge in [-0.05, 0) is 37.6 Å². The molecule has 0 amide bonds. The molecule has 2 rings (SSSR count). The Kier molecular flexibility index (Phi) is 4.08. The lowest BCUT2D eigenvalue weighted by atomic mass is 10.2. The number of nitrogens with one attached hydrogen (secondary N) is 1. The summed E-state index contributed by atoms with van der Waals surface area (Å²) >= 11 is 0. The summed E-state index contributed by atoms with van der Waals surface area (Å²) in [4.78, 5) is 8.75. The third kappa shape index (κ3) is 2.82. The van der Waals surface area contributed by atoms with Crippen LogP contribution in [0.3, 0.4) is 0 Å². The summed E-state index contributed by atoms with van der Waals surface area (Å²) in [7, 11) is 1.66. The fourth-order valence-electron chi connectivity index (χ4n) is 1.89. The quantitative estimate of drug-likeness (QED) is 0.895. The fraction of sp³-hybridized carbons (Fsp3) is 0.333. The molecule has 0 saturated heterocycles. The van der Waals surface area contributed by atoms with Gasteiger partial charge in [0.25, 0.3) is 0 Å². The summed E-state index contributed by atoms with van der Waals surface area (Å²) in [5.41, 5.74) is 8.84. The first-order valence-electron chi connectivity index (χ1n) is 6.59. The van der Waals surface area contributed by atoms with E-state index in [1.165, 1.54) is 0 Å². The molecule has 1 aromatic carbocycles. The number of aryl methyl sites for hydroxylation is 2. The maximum absolute atomic E-state index is 5.92. The molecule has 0 radical (unpaired) electrons. The van der Waals surface area contributed by atoms with Crippen LogP contribution in [0.5, 0.6) is 5.75 Å². The first-order chi connectivity index (χ1) is 9.55. The molecule has 106 valence electrons. The molecule has 1 aromatic heterocycles. The lowest BCUT2D eigenvalue weighted by Crippen LogP contribution is -2.07. The number of benzene rings is 1. The molecule has 3 N–H and O–H groups in total.